The summed E-state index contributed by atoms with van der Waals surface area (Å²) in [5, 5.41) is 9.38. The molecule has 5 N–H and O–H groups in total. The van der Waals surface area contributed by atoms with E-state index >= 15 is 0 Å². The highest BCUT2D eigenvalue weighted by Crippen LogP contribution is 2.24. The Morgan fingerprint density at radius 1 is 1.11 bits per heavy atom. The van der Waals surface area contributed by atoms with Crippen LogP contribution in [0.5, 0.6) is 11.5 Å². The van der Waals surface area contributed by atoms with Crippen LogP contribution in [0.1, 0.15) is 6.42 Å². The van der Waals surface area contributed by atoms with Gasteiger partial charge >= 0.3 is 0 Å². The maximum atomic E-state index is 12.4. The average Bonchev–Trinajstić information content (AvgIpc) is 3.13. The standard InChI is InChI=1S/C19H21ClN4O3/c20-12-1-5-15(6-2-12)27-16-7-3-13(4-8-16)24-19(26)17-9-14(11-22-17)23-18(25)10-21/h1-8,14,17,22H,9-11,21H2,(H,23,25)(H,24,26)/t14-,17+/m1/s1. The van der Waals surface area contributed by atoms with Crippen LogP contribution in [0.25, 0.3) is 0 Å². The van der Waals surface area contributed by atoms with E-state index in [1.54, 1.807) is 48.5 Å². The molecule has 0 radical (unpaired) electrons. The number of amides is 2. The van der Waals surface area contributed by atoms with Crippen LogP contribution in [-0.4, -0.2) is 37.0 Å². The van der Waals surface area contributed by atoms with Gasteiger partial charge in [-0.2, -0.15) is 0 Å². The number of nitrogens with one attached hydrogen (secondary N) is 3. The molecule has 3 rings (SSSR count). The Hall–Kier alpha value is -2.61. The van der Waals surface area contributed by atoms with Crippen LogP contribution in [0.4, 0.5) is 5.69 Å². The summed E-state index contributed by atoms with van der Waals surface area (Å²) in [5.74, 6) is 0.959. The van der Waals surface area contributed by atoms with Crippen LogP contribution >= 0.6 is 11.6 Å². The van der Waals surface area contributed by atoms with E-state index in [1.165, 1.54) is 0 Å². The van der Waals surface area contributed by atoms with Gasteiger partial charge in [0.15, 0.2) is 0 Å². The number of hydrogen-bond acceptors (Lipinski definition) is 5. The van der Waals surface area contributed by atoms with Gasteiger partial charge in [-0.15, -0.1) is 0 Å². The Kier molecular flexibility index (Phi) is 6.28. The number of benzene rings is 2. The molecule has 1 fully saturated rings. The second-order valence-corrected chi connectivity index (χ2v) is 6.67. The van der Waals surface area contributed by atoms with Crippen molar-refractivity contribution in [2.45, 2.75) is 18.5 Å². The van der Waals surface area contributed by atoms with Crippen molar-refractivity contribution >= 4 is 29.1 Å². The highest BCUT2D eigenvalue weighted by atomic mass is 35.5. The van der Waals surface area contributed by atoms with Crippen molar-refractivity contribution in [3.63, 3.8) is 0 Å². The molecular formula is C19H21ClN4O3. The molecule has 27 heavy (non-hydrogen) atoms. The van der Waals surface area contributed by atoms with Gasteiger partial charge in [-0.3, -0.25) is 9.59 Å². The molecule has 1 aliphatic rings. The number of nitrogens with two attached hydrogens (primary N) is 1. The number of ether oxygens (including phenoxy) is 1. The molecule has 8 heteroatoms. The molecule has 0 spiro atoms. The normalized spacial score (nSPS) is 18.7. The maximum Gasteiger partial charge on any atom is 0.241 e. The van der Waals surface area contributed by atoms with E-state index in [2.05, 4.69) is 16.0 Å². The Bertz CT molecular complexity index is 796. The number of anilines is 1. The van der Waals surface area contributed by atoms with Crippen LogP contribution in [0, 0.1) is 0 Å². The van der Waals surface area contributed by atoms with Gasteiger partial charge in [0.05, 0.1) is 12.6 Å². The summed E-state index contributed by atoms with van der Waals surface area (Å²) in [4.78, 5) is 23.7. The molecule has 7 nitrogen and oxygen atoms in total. The molecule has 2 amide bonds. The van der Waals surface area contributed by atoms with Gasteiger partial charge in [-0.1, -0.05) is 11.6 Å². The highest BCUT2D eigenvalue weighted by molar-refractivity contribution is 6.30. The lowest BCUT2D eigenvalue weighted by Gasteiger charge is -2.13. The molecule has 0 unspecified atom stereocenters. The van der Waals surface area contributed by atoms with E-state index in [9.17, 15) is 9.59 Å². The summed E-state index contributed by atoms with van der Waals surface area (Å²) in [6.07, 6.45) is 0.523. The zero-order valence-corrected chi connectivity index (χ0v) is 15.3. The molecule has 0 aliphatic carbocycles. The first kappa shape index (κ1) is 19.2. The van der Waals surface area contributed by atoms with E-state index in [4.69, 9.17) is 22.1 Å². The minimum Gasteiger partial charge on any atom is -0.457 e. The van der Waals surface area contributed by atoms with Crippen molar-refractivity contribution in [3.8, 4) is 11.5 Å². The fourth-order valence-corrected chi connectivity index (χ4v) is 2.93. The van der Waals surface area contributed by atoms with E-state index in [0.717, 1.165) is 0 Å². The summed E-state index contributed by atoms with van der Waals surface area (Å²) < 4.78 is 5.72. The molecule has 0 saturated carbocycles. The van der Waals surface area contributed by atoms with Crippen LogP contribution in [0.2, 0.25) is 5.02 Å². The maximum absolute atomic E-state index is 12.4. The number of rotatable bonds is 6. The summed E-state index contributed by atoms with van der Waals surface area (Å²) in [6, 6.07) is 13.7. The molecule has 2 aromatic carbocycles. The third kappa shape index (κ3) is 5.43. The van der Waals surface area contributed by atoms with E-state index in [0.29, 0.717) is 35.2 Å². The molecule has 1 saturated heterocycles. The minimum absolute atomic E-state index is 0.0577. The van der Waals surface area contributed by atoms with Gasteiger partial charge in [-0.05, 0) is 55.0 Å². The van der Waals surface area contributed by atoms with Crippen molar-refractivity contribution in [1.82, 2.24) is 10.6 Å². The quantitative estimate of drug-likeness (QED) is 0.604. The smallest absolute Gasteiger partial charge is 0.241 e. The lowest BCUT2D eigenvalue weighted by molar-refractivity contribution is -0.121. The Balaban J connectivity index is 1.51. The summed E-state index contributed by atoms with van der Waals surface area (Å²) in [6.45, 7) is 0.482. The molecular weight excluding hydrogens is 368 g/mol. The minimum atomic E-state index is -0.363. The van der Waals surface area contributed by atoms with Crippen molar-refractivity contribution in [3.05, 3.63) is 53.6 Å². The van der Waals surface area contributed by atoms with Crippen molar-refractivity contribution in [1.29, 1.82) is 0 Å². The van der Waals surface area contributed by atoms with Crippen molar-refractivity contribution in [2.75, 3.05) is 18.4 Å². The van der Waals surface area contributed by atoms with Crippen LogP contribution in [0.15, 0.2) is 48.5 Å². The average molecular weight is 389 g/mol. The summed E-state index contributed by atoms with van der Waals surface area (Å²) >= 11 is 5.85. The van der Waals surface area contributed by atoms with Crippen LogP contribution in [-0.2, 0) is 9.59 Å². The van der Waals surface area contributed by atoms with Gasteiger partial charge in [0, 0.05) is 23.3 Å². The largest absolute Gasteiger partial charge is 0.457 e. The van der Waals surface area contributed by atoms with Gasteiger partial charge in [0.25, 0.3) is 0 Å². The van der Waals surface area contributed by atoms with E-state index in [1.807, 2.05) is 0 Å². The number of carbonyl (C=O) groups excluding carboxylic acids is 2. The van der Waals surface area contributed by atoms with E-state index in [-0.39, 0.29) is 30.4 Å². The molecule has 2 aromatic rings. The van der Waals surface area contributed by atoms with Gasteiger partial charge in [-0.25, -0.2) is 0 Å². The van der Waals surface area contributed by atoms with Crippen LogP contribution in [0.3, 0.4) is 0 Å². The van der Waals surface area contributed by atoms with E-state index < -0.39 is 0 Å². The molecule has 0 aromatic heterocycles. The summed E-state index contributed by atoms with van der Waals surface area (Å²) in [5.41, 5.74) is 5.95. The first-order chi connectivity index (χ1) is 13.0. The van der Waals surface area contributed by atoms with Gasteiger partial charge in [0.2, 0.25) is 11.8 Å². The molecule has 2 atom stereocenters. The Labute approximate surface area is 162 Å². The molecule has 0 bridgehead atoms. The fraction of sp³-hybridized carbons (Fsp3) is 0.263. The third-order valence-corrected chi connectivity index (χ3v) is 4.42. The summed E-state index contributed by atoms with van der Waals surface area (Å²) in [7, 11) is 0. The highest BCUT2D eigenvalue weighted by Gasteiger charge is 2.30. The molecule has 1 aliphatic heterocycles. The zero-order chi connectivity index (χ0) is 19.2. The van der Waals surface area contributed by atoms with Crippen molar-refractivity contribution < 1.29 is 14.3 Å². The molecule has 142 valence electrons. The van der Waals surface area contributed by atoms with Gasteiger partial charge in [0.1, 0.15) is 11.5 Å². The van der Waals surface area contributed by atoms with Crippen LogP contribution < -0.4 is 26.4 Å². The second kappa shape index (κ2) is 8.85. The Morgan fingerprint density at radius 3 is 2.37 bits per heavy atom. The SMILES string of the molecule is NCC(=O)N[C@H]1CN[C@H](C(=O)Nc2ccc(Oc3ccc(Cl)cc3)cc2)C1. The zero-order valence-electron chi connectivity index (χ0n) is 14.6. The number of halogens is 1. The predicted octanol–water partition coefficient (Wildman–Crippen LogP) is 1.88. The number of carbonyl (C=O) groups is 2. The fourth-order valence-electron chi connectivity index (χ4n) is 2.81. The lowest BCUT2D eigenvalue weighted by atomic mass is 10.1. The molecule has 1 heterocycles. The topological polar surface area (TPSA) is 105 Å². The predicted molar refractivity (Wildman–Crippen MR) is 104 cm³/mol. The lowest BCUT2D eigenvalue weighted by Crippen LogP contribution is -2.39. The van der Waals surface area contributed by atoms with Crippen molar-refractivity contribution in [2.24, 2.45) is 5.73 Å². The van der Waals surface area contributed by atoms with Gasteiger partial charge < -0.3 is 26.4 Å². The monoisotopic (exact) mass is 388 g/mol. The second-order valence-electron chi connectivity index (χ2n) is 6.23. The number of hydrogen-bond donors (Lipinski definition) is 4. The Morgan fingerprint density at radius 2 is 1.74 bits per heavy atom. The first-order valence-electron chi connectivity index (χ1n) is 8.60. The first-order valence-corrected chi connectivity index (χ1v) is 8.98. The third-order valence-electron chi connectivity index (χ3n) is 4.17.